The molecule has 1 amide bonds. The topological polar surface area (TPSA) is 127 Å². The van der Waals surface area contributed by atoms with Crippen molar-refractivity contribution in [2.75, 3.05) is 27.8 Å². The molecular formula is C18H24N4O5S2. The summed E-state index contributed by atoms with van der Waals surface area (Å²) < 4.78 is 50.3. The lowest BCUT2D eigenvalue weighted by Crippen LogP contribution is -2.17. The molecule has 1 fully saturated rings. The lowest BCUT2D eigenvalue weighted by Gasteiger charge is -2.12. The van der Waals surface area contributed by atoms with E-state index >= 15 is 0 Å². The van der Waals surface area contributed by atoms with E-state index in [1.807, 2.05) is 6.92 Å². The summed E-state index contributed by atoms with van der Waals surface area (Å²) >= 11 is 0. The van der Waals surface area contributed by atoms with Crippen LogP contribution in [0, 0.1) is 13.8 Å². The number of hydrogen-bond donors (Lipinski definition) is 2. The molecule has 0 radical (unpaired) electrons. The Hall–Kier alpha value is -2.40. The molecule has 3 rings (SSSR count). The van der Waals surface area contributed by atoms with Crippen LogP contribution in [-0.4, -0.2) is 50.3 Å². The van der Waals surface area contributed by atoms with Crippen molar-refractivity contribution in [1.29, 1.82) is 0 Å². The summed E-state index contributed by atoms with van der Waals surface area (Å²) in [7, 11) is -6.45. The first-order valence-corrected chi connectivity index (χ1v) is 12.8. The van der Waals surface area contributed by atoms with E-state index in [0.717, 1.165) is 17.5 Å². The van der Waals surface area contributed by atoms with Crippen LogP contribution < -0.4 is 10.0 Å². The molecule has 29 heavy (non-hydrogen) atoms. The Kier molecular flexibility index (Phi) is 5.72. The Morgan fingerprint density at radius 1 is 1.28 bits per heavy atom. The summed E-state index contributed by atoms with van der Waals surface area (Å²) in [5.41, 5.74) is 3.06. The molecule has 9 nitrogen and oxygen atoms in total. The Labute approximate surface area is 170 Å². The van der Waals surface area contributed by atoms with E-state index in [1.165, 1.54) is 6.07 Å². The van der Waals surface area contributed by atoms with E-state index in [0.29, 0.717) is 23.5 Å². The van der Waals surface area contributed by atoms with E-state index < -0.39 is 19.9 Å². The van der Waals surface area contributed by atoms with Crippen LogP contribution in [-0.2, 0) is 31.1 Å². The highest BCUT2D eigenvalue weighted by Crippen LogP contribution is 2.27. The number of aryl methyl sites for hydroxylation is 1. The lowest BCUT2D eigenvalue weighted by molar-refractivity contribution is -0.115. The number of carbonyl (C=O) groups is 1. The summed E-state index contributed by atoms with van der Waals surface area (Å²) in [5, 5.41) is 7.22. The lowest BCUT2D eigenvalue weighted by atomic mass is 10.1. The van der Waals surface area contributed by atoms with Crippen molar-refractivity contribution in [2.45, 2.75) is 32.7 Å². The summed E-state index contributed by atoms with van der Waals surface area (Å²) in [4.78, 5) is 12.5. The van der Waals surface area contributed by atoms with Gasteiger partial charge < -0.3 is 5.32 Å². The minimum Gasteiger partial charge on any atom is -0.326 e. The Morgan fingerprint density at radius 2 is 1.97 bits per heavy atom. The van der Waals surface area contributed by atoms with Crippen molar-refractivity contribution < 1.29 is 21.6 Å². The van der Waals surface area contributed by atoms with Crippen LogP contribution in [0.15, 0.2) is 24.3 Å². The van der Waals surface area contributed by atoms with Crippen LogP contribution in [0.3, 0.4) is 0 Å². The van der Waals surface area contributed by atoms with E-state index in [-0.39, 0.29) is 29.9 Å². The molecule has 1 atom stereocenters. The average molecular weight is 441 g/mol. The molecule has 0 saturated carbocycles. The average Bonchev–Trinajstić information content (AvgIpc) is 3.07. The molecule has 1 aliphatic heterocycles. The normalized spacial score (nSPS) is 18.5. The van der Waals surface area contributed by atoms with Gasteiger partial charge in [0.2, 0.25) is 15.9 Å². The number of nitrogens with zero attached hydrogens (tertiary/aromatic N) is 2. The molecule has 1 aromatic carbocycles. The summed E-state index contributed by atoms with van der Waals surface area (Å²) in [5.74, 6) is -0.0453. The van der Waals surface area contributed by atoms with E-state index in [9.17, 15) is 21.6 Å². The number of sulfonamides is 1. The Morgan fingerprint density at radius 3 is 2.59 bits per heavy atom. The maximum atomic E-state index is 12.5. The van der Waals surface area contributed by atoms with Gasteiger partial charge in [0.25, 0.3) is 0 Å². The molecule has 2 N–H and O–H groups in total. The predicted octanol–water partition coefficient (Wildman–Crippen LogP) is 1.41. The van der Waals surface area contributed by atoms with Gasteiger partial charge in [0.15, 0.2) is 9.84 Å². The molecule has 1 unspecified atom stereocenters. The van der Waals surface area contributed by atoms with Gasteiger partial charge in [-0.25, -0.2) is 16.8 Å². The van der Waals surface area contributed by atoms with Crippen LogP contribution >= 0.6 is 0 Å². The fourth-order valence-corrected chi connectivity index (χ4v) is 5.76. The minimum absolute atomic E-state index is 0.0702. The van der Waals surface area contributed by atoms with Gasteiger partial charge in [0.05, 0.1) is 41.6 Å². The number of carbonyl (C=O) groups excluding carboxylic acids is 1. The van der Waals surface area contributed by atoms with E-state index in [4.69, 9.17) is 0 Å². The fourth-order valence-electron chi connectivity index (χ4n) is 3.52. The second-order valence-corrected chi connectivity index (χ2v) is 11.3. The van der Waals surface area contributed by atoms with Crippen LogP contribution in [0.1, 0.15) is 29.4 Å². The first-order chi connectivity index (χ1) is 13.4. The zero-order valence-corrected chi connectivity index (χ0v) is 18.1. The van der Waals surface area contributed by atoms with Gasteiger partial charge in [0, 0.05) is 16.9 Å². The largest absolute Gasteiger partial charge is 0.326 e. The first-order valence-electron chi connectivity index (χ1n) is 9.06. The zero-order chi connectivity index (χ0) is 21.4. The Bertz CT molecular complexity index is 1150. The van der Waals surface area contributed by atoms with Gasteiger partial charge in [-0.1, -0.05) is 6.07 Å². The second-order valence-electron chi connectivity index (χ2n) is 7.33. The van der Waals surface area contributed by atoms with Crippen molar-refractivity contribution in [1.82, 2.24) is 9.78 Å². The number of rotatable bonds is 6. The van der Waals surface area contributed by atoms with Gasteiger partial charge in [-0.05, 0) is 38.5 Å². The number of nitrogens with one attached hydrogen (secondary N) is 2. The third-order valence-corrected chi connectivity index (χ3v) is 7.17. The molecule has 2 aromatic rings. The SMILES string of the molecule is Cc1nn(C2CCS(=O)(=O)C2)c(C)c1CC(=O)Nc1cccc(NS(C)(=O)=O)c1. The molecule has 0 aliphatic carbocycles. The Balaban J connectivity index is 1.72. The fraction of sp³-hybridized carbons (Fsp3) is 0.444. The van der Waals surface area contributed by atoms with Gasteiger partial charge in [-0.3, -0.25) is 14.2 Å². The van der Waals surface area contributed by atoms with Crippen LogP contribution in [0.5, 0.6) is 0 Å². The van der Waals surface area contributed by atoms with E-state index in [2.05, 4.69) is 15.1 Å². The van der Waals surface area contributed by atoms with Gasteiger partial charge in [0.1, 0.15) is 0 Å². The molecule has 11 heteroatoms. The van der Waals surface area contributed by atoms with Gasteiger partial charge in [-0.15, -0.1) is 0 Å². The molecule has 0 bridgehead atoms. The van der Waals surface area contributed by atoms with Gasteiger partial charge in [-0.2, -0.15) is 5.10 Å². The quantitative estimate of drug-likeness (QED) is 0.699. The highest BCUT2D eigenvalue weighted by atomic mass is 32.2. The molecular weight excluding hydrogens is 416 g/mol. The van der Waals surface area contributed by atoms with Crippen LogP contribution in [0.25, 0.3) is 0 Å². The highest BCUT2D eigenvalue weighted by Gasteiger charge is 2.31. The number of hydrogen-bond acceptors (Lipinski definition) is 6. The maximum Gasteiger partial charge on any atom is 0.229 e. The van der Waals surface area contributed by atoms with Crippen molar-refractivity contribution >= 4 is 37.1 Å². The summed E-state index contributed by atoms with van der Waals surface area (Å²) in [6, 6.07) is 6.22. The summed E-state index contributed by atoms with van der Waals surface area (Å²) in [6.45, 7) is 3.64. The standard InChI is InChI=1S/C18H24N4O5S2/c1-12-17(13(2)22(20-12)16-7-8-29(26,27)11-16)10-18(23)19-14-5-4-6-15(9-14)21-28(3,24)25/h4-6,9,16,21H,7-8,10-11H2,1-3H3,(H,19,23). The summed E-state index contributed by atoms with van der Waals surface area (Å²) in [6.07, 6.45) is 1.66. The molecule has 1 saturated heterocycles. The zero-order valence-electron chi connectivity index (χ0n) is 16.5. The van der Waals surface area contributed by atoms with Crippen LogP contribution in [0.2, 0.25) is 0 Å². The molecule has 1 aliphatic rings. The van der Waals surface area contributed by atoms with Crippen molar-refractivity contribution in [3.8, 4) is 0 Å². The molecule has 158 valence electrons. The maximum absolute atomic E-state index is 12.5. The third-order valence-electron chi connectivity index (χ3n) is 4.82. The monoisotopic (exact) mass is 440 g/mol. The smallest absolute Gasteiger partial charge is 0.229 e. The van der Waals surface area contributed by atoms with Gasteiger partial charge >= 0.3 is 0 Å². The highest BCUT2D eigenvalue weighted by molar-refractivity contribution is 7.92. The first kappa shape index (κ1) is 21.3. The van der Waals surface area contributed by atoms with Crippen molar-refractivity contribution in [3.63, 3.8) is 0 Å². The number of anilines is 2. The molecule has 0 spiro atoms. The second kappa shape index (κ2) is 7.79. The minimum atomic E-state index is -3.41. The third kappa shape index (κ3) is 5.36. The number of amides is 1. The van der Waals surface area contributed by atoms with Crippen molar-refractivity contribution in [3.05, 3.63) is 41.2 Å². The molecule has 1 aromatic heterocycles. The van der Waals surface area contributed by atoms with Crippen molar-refractivity contribution in [2.24, 2.45) is 0 Å². The van der Waals surface area contributed by atoms with Crippen LogP contribution in [0.4, 0.5) is 11.4 Å². The number of sulfone groups is 1. The van der Waals surface area contributed by atoms with E-state index in [1.54, 1.807) is 29.8 Å². The predicted molar refractivity (Wildman–Crippen MR) is 111 cm³/mol. The molecule has 2 heterocycles. The number of aromatic nitrogens is 2. The number of benzene rings is 1.